The molecule has 7 heteroatoms. The number of ether oxygens (including phenoxy) is 2. The molecular weight excluding hydrogens is 440 g/mol. The van der Waals surface area contributed by atoms with Crippen molar-refractivity contribution in [2.75, 3.05) is 19.0 Å². The van der Waals surface area contributed by atoms with Gasteiger partial charge in [-0.25, -0.2) is 15.0 Å². The number of nitrogens with one attached hydrogen (secondary N) is 1. The number of anilines is 1. The molecule has 0 aliphatic rings. The van der Waals surface area contributed by atoms with Crippen LogP contribution in [0.2, 0.25) is 0 Å². The van der Waals surface area contributed by atoms with E-state index in [9.17, 15) is 4.79 Å². The Morgan fingerprint density at radius 2 is 1.89 bits per heavy atom. The number of allylic oxidation sites excluding steroid dienone is 2. The average Bonchev–Trinajstić information content (AvgIpc) is 2.90. The number of pyridine rings is 1. The minimum atomic E-state index is -0.211. The fourth-order valence-corrected chi connectivity index (χ4v) is 3.68. The van der Waals surface area contributed by atoms with Gasteiger partial charge in [-0.15, -0.1) is 0 Å². The van der Waals surface area contributed by atoms with Crippen LogP contribution in [0.3, 0.4) is 0 Å². The Hall–Kier alpha value is -3.74. The quantitative estimate of drug-likeness (QED) is 0.188. The first-order valence-corrected chi connectivity index (χ1v) is 12.1. The average molecular weight is 475 g/mol. The van der Waals surface area contributed by atoms with Crippen LogP contribution in [0.1, 0.15) is 55.3 Å². The van der Waals surface area contributed by atoms with Crippen LogP contribution in [0.15, 0.2) is 73.3 Å². The van der Waals surface area contributed by atoms with Gasteiger partial charge in [0.15, 0.2) is 0 Å². The van der Waals surface area contributed by atoms with Crippen molar-refractivity contribution in [1.29, 1.82) is 0 Å². The van der Waals surface area contributed by atoms with E-state index in [2.05, 4.69) is 33.5 Å². The van der Waals surface area contributed by atoms with E-state index in [4.69, 9.17) is 14.5 Å². The highest BCUT2D eigenvalue weighted by Gasteiger charge is 2.14. The first-order chi connectivity index (χ1) is 17.2. The van der Waals surface area contributed by atoms with Crippen molar-refractivity contribution < 1.29 is 14.3 Å². The van der Waals surface area contributed by atoms with Gasteiger partial charge in [0.1, 0.15) is 17.9 Å². The number of esters is 1. The number of unbranched alkanes of at least 4 members (excludes halogenated alkanes) is 2. The van der Waals surface area contributed by atoms with E-state index in [1.165, 1.54) is 11.9 Å². The lowest BCUT2D eigenvalue weighted by molar-refractivity contribution is -0.143. The number of methoxy groups -OCH3 is 1. The molecule has 184 valence electrons. The van der Waals surface area contributed by atoms with Gasteiger partial charge in [0.05, 0.1) is 20.1 Å². The first kappa shape index (κ1) is 25.9. The number of rotatable bonds is 14. The Bertz CT molecular complexity index is 1060. The molecule has 0 amide bonds. The first-order valence-electron chi connectivity index (χ1n) is 12.1. The molecule has 1 atom stereocenters. The van der Waals surface area contributed by atoms with Crippen molar-refractivity contribution in [1.82, 2.24) is 15.0 Å². The largest absolute Gasteiger partial charge is 0.497 e. The number of carbonyl (C=O) groups excluding carboxylic acids is 1. The molecule has 35 heavy (non-hydrogen) atoms. The molecule has 1 aromatic carbocycles. The number of hydrogen-bond donors (Lipinski definition) is 1. The van der Waals surface area contributed by atoms with Gasteiger partial charge in [-0.3, -0.25) is 4.79 Å². The van der Waals surface area contributed by atoms with E-state index >= 15 is 0 Å². The predicted molar refractivity (Wildman–Crippen MR) is 137 cm³/mol. The molecule has 0 fully saturated rings. The highest BCUT2D eigenvalue weighted by atomic mass is 16.5. The molecule has 2 aromatic heterocycles. The minimum absolute atomic E-state index is 0.0784. The molecule has 0 radical (unpaired) electrons. The third-order valence-corrected chi connectivity index (χ3v) is 5.56. The van der Waals surface area contributed by atoms with E-state index in [0.717, 1.165) is 48.5 Å². The topological polar surface area (TPSA) is 86.2 Å². The SMILES string of the molecule is CCOC(=O)CC(C=CCCCCc1cccc(NCc2ccc(OC)cc2)n1)c1cncnc1. The summed E-state index contributed by atoms with van der Waals surface area (Å²) in [4.78, 5) is 24.9. The molecule has 0 aliphatic heterocycles. The minimum Gasteiger partial charge on any atom is -0.497 e. The van der Waals surface area contributed by atoms with Crippen LogP contribution in [0.4, 0.5) is 5.82 Å². The third kappa shape index (κ3) is 9.20. The van der Waals surface area contributed by atoms with E-state index in [-0.39, 0.29) is 18.3 Å². The predicted octanol–water partition coefficient (Wildman–Crippen LogP) is 5.50. The number of aryl methyl sites for hydroxylation is 1. The van der Waals surface area contributed by atoms with Gasteiger partial charge in [-0.2, -0.15) is 0 Å². The highest BCUT2D eigenvalue weighted by molar-refractivity contribution is 5.71. The summed E-state index contributed by atoms with van der Waals surface area (Å²) in [5.41, 5.74) is 3.17. The summed E-state index contributed by atoms with van der Waals surface area (Å²) in [6, 6.07) is 14.1. The van der Waals surface area contributed by atoms with Crippen molar-refractivity contribution in [3.05, 3.63) is 90.2 Å². The van der Waals surface area contributed by atoms with Gasteiger partial charge in [0.2, 0.25) is 0 Å². The second kappa shape index (κ2) is 14.5. The van der Waals surface area contributed by atoms with E-state index in [1.54, 1.807) is 19.5 Å². The summed E-state index contributed by atoms with van der Waals surface area (Å²) < 4.78 is 10.3. The lowest BCUT2D eigenvalue weighted by atomic mass is 9.97. The molecule has 7 nitrogen and oxygen atoms in total. The van der Waals surface area contributed by atoms with E-state index in [1.807, 2.05) is 43.3 Å². The van der Waals surface area contributed by atoms with Crippen LogP contribution >= 0.6 is 0 Å². The highest BCUT2D eigenvalue weighted by Crippen LogP contribution is 2.21. The lowest BCUT2D eigenvalue weighted by Crippen LogP contribution is -2.09. The van der Waals surface area contributed by atoms with Crippen LogP contribution in [0.5, 0.6) is 5.75 Å². The third-order valence-electron chi connectivity index (χ3n) is 5.56. The Morgan fingerprint density at radius 3 is 2.63 bits per heavy atom. The molecule has 3 rings (SSSR count). The molecule has 1 N–H and O–H groups in total. The van der Waals surface area contributed by atoms with Gasteiger partial charge in [-0.1, -0.05) is 30.4 Å². The molecule has 3 aromatic rings. The Morgan fingerprint density at radius 1 is 1.09 bits per heavy atom. The number of hydrogen-bond acceptors (Lipinski definition) is 7. The summed E-state index contributed by atoms with van der Waals surface area (Å²) >= 11 is 0. The Labute approximate surface area is 207 Å². The molecule has 1 unspecified atom stereocenters. The number of carbonyl (C=O) groups is 1. The molecule has 0 spiro atoms. The van der Waals surface area contributed by atoms with Crippen molar-refractivity contribution in [3.63, 3.8) is 0 Å². The van der Waals surface area contributed by atoms with Crippen LogP contribution in [-0.2, 0) is 22.5 Å². The molecule has 2 heterocycles. The summed E-state index contributed by atoms with van der Waals surface area (Å²) in [5, 5.41) is 3.39. The molecule has 0 bridgehead atoms. The van der Waals surface area contributed by atoms with Gasteiger partial charge in [0, 0.05) is 30.6 Å². The second-order valence-electron chi connectivity index (χ2n) is 8.18. The van der Waals surface area contributed by atoms with Crippen molar-refractivity contribution >= 4 is 11.8 Å². The maximum absolute atomic E-state index is 12.0. The smallest absolute Gasteiger partial charge is 0.306 e. The summed E-state index contributed by atoms with van der Waals surface area (Å²) in [5.74, 6) is 1.44. The lowest BCUT2D eigenvalue weighted by Gasteiger charge is -2.11. The van der Waals surface area contributed by atoms with Gasteiger partial charge < -0.3 is 14.8 Å². The van der Waals surface area contributed by atoms with Crippen LogP contribution in [0, 0.1) is 0 Å². The summed E-state index contributed by atoms with van der Waals surface area (Å²) in [7, 11) is 1.67. The zero-order valence-electron chi connectivity index (χ0n) is 20.5. The zero-order valence-corrected chi connectivity index (χ0v) is 20.5. The molecular formula is C28H34N4O3. The van der Waals surface area contributed by atoms with E-state index in [0.29, 0.717) is 13.2 Å². The van der Waals surface area contributed by atoms with Crippen LogP contribution in [0.25, 0.3) is 0 Å². The number of benzene rings is 1. The molecule has 0 saturated carbocycles. The van der Waals surface area contributed by atoms with Gasteiger partial charge in [-0.05, 0) is 68.0 Å². The zero-order chi connectivity index (χ0) is 24.7. The van der Waals surface area contributed by atoms with Crippen molar-refractivity contribution in [2.45, 2.75) is 51.5 Å². The summed E-state index contributed by atoms with van der Waals surface area (Å²) in [6.07, 6.45) is 13.4. The molecule has 0 saturated heterocycles. The Balaban J connectivity index is 1.43. The van der Waals surface area contributed by atoms with Gasteiger partial charge >= 0.3 is 5.97 Å². The monoisotopic (exact) mass is 474 g/mol. The molecule has 0 aliphatic carbocycles. The van der Waals surface area contributed by atoms with E-state index < -0.39 is 0 Å². The summed E-state index contributed by atoms with van der Waals surface area (Å²) in [6.45, 7) is 2.91. The van der Waals surface area contributed by atoms with Gasteiger partial charge in [0.25, 0.3) is 0 Å². The van der Waals surface area contributed by atoms with Crippen molar-refractivity contribution in [2.24, 2.45) is 0 Å². The van der Waals surface area contributed by atoms with Crippen LogP contribution < -0.4 is 10.1 Å². The Kier molecular flexibility index (Phi) is 10.7. The maximum Gasteiger partial charge on any atom is 0.306 e. The normalized spacial score (nSPS) is 11.8. The maximum atomic E-state index is 12.0. The number of nitrogens with zero attached hydrogens (tertiary/aromatic N) is 3. The fraction of sp³-hybridized carbons (Fsp3) is 0.357. The second-order valence-corrected chi connectivity index (χ2v) is 8.18. The van der Waals surface area contributed by atoms with Crippen molar-refractivity contribution in [3.8, 4) is 5.75 Å². The number of aromatic nitrogens is 3. The standard InChI is InChI=1S/C28H34N4O3/c1-3-35-28(33)17-23(24-19-29-21-30-20-24)9-6-4-5-7-10-25-11-8-12-27(32-25)31-18-22-13-15-26(34-2)16-14-22/h6,8-9,11-16,19-21,23H,3-5,7,10,17-18H2,1-2H3,(H,31,32). The fourth-order valence-electron chi connectivity index (χ4n) is 3.68. The van der Waals surface area contributed by atoms with Crippen LogP contribution in [-0.4, -0.2) is 34.6 Å².